The molecule has 0 unspecified atom stereocenters. The SMILES string of the molecule is C=Cc1cccc(CN(CCO)C(=C)C)c1NC. The molecular formula is C15H22N2O. The van der Waals surface area contributed by atoms with Crippen LogP contribution in [0.25, 0.3) is 6.08 Å². The van der Waals surface area contributed by atoms with E-state index in [2.05, 4.69) is 29.4 Å². The fraction of sp³-hybridized carbons (Fsp3) is 0.333. The Labute approximate surface area is 109 Å². The van der Waals surface area contributed by atoms with Crippen LogP contribution in [0.5, 0.6) is 0 Å². The monoisotopic (exact) mass is 246 g/mol. The Morgan fingerprint density at radius 3 is 2.72 bits per heavy atom. The van der Waals surface area contributed by atoms with Crippen molar-refractivity contribution >= 4 is 11.8 Å². The fourth-order valence-electron chi connectivity index (χ4n) is 1.96. The summed E-state index contributed by atoms with van der Waals surface area (Å²) in [6.07, 6.45) is 1.84. The van der Waals surface area contributed by atoms with Crippen LogP contribution < -0.4 is 5.32 Å². The van der Waals surface area contributed by atoms with Gasteiger partial charge in [-0.25, -0.2) is 0 Å². The van der Waals surface area contributed by atoms with E-state index in [9.17, 15) is 0 Å². The molecule has 0 amide bonds. The number of anilines is 1. The number of nitrogens with one attached hydrogen (secondary N) is 1. The lowest BCUT2D eigenvalue weighted by Crippen LogP contribution is -2.24. The quantitative estimate of drug-likeness (QED) is 0.776. The Kier molecular flexibility index (Phi) is 5.46. The van der Waals surface area contributed by atoms with Gasteiger partial charge >= 0.3 is 0 Å². The molecule has 3 nitrogen and oxygen atoms in total. The number of allylic oxidation sites excluding steroid dienone is 1. The van der Waals surface area contributed by atoms with E-state index in [0.717, 1.165) is 23.5 Å². The summed E-state index contributed by atoms with van der Waals surface area (Å²) >= 11 is 0. The highest BCUT2D eigenvalue weighted by Crippen LogP contribution is 2.24. The Morgan fingerprint density at radius 1 is 1.50 bits per heavy atom. The summed E-state index contributed by atoms with van der Waals surface area (Å²) in [6.45, 7) is 11.2. The predicted octanol–water partition coefficient (Wildman–Crippen LogP) is 2.70. The lowest BCUT2D eigenvalue weighted by molar-refractivity contribution is 0.223. The standard InChI is InChI=1S/C15H22N2O/c1-5-13-7-6-8-14(15(13)16-4)11-17(9-10-18)12(2)3/h5-8,16,18H,1-2,9-11H2,3-4H3. The van der Waals surface area contributed by atoms with Crippen molar-refractivity contribution in [3.05, 3.63) is 48.2 Å². The van der Waals surface area contributed by atoms with Crippen molar-refractivity contribution in [2.24, 2.45) is 0 Å². The molecule has 18 heavy (non-hydrogen) atoms. The Bertz CT molecular complexity index is 427. The van der Waals surface area contributed by atoms with Crippen LogP contribution in [0.3, 0.4) is 0 Å². The van der Waals surface area contributed by atoms with Crippen molar-refractivity contribution in [3.63, 3.8) is 0 Å². The number of hydrogen-bond acceptors (Lipinski definition) is 3. The lowest BCUT2D eigenvalue weighted by Gasteiger charge is -2.25. The van der Waals surface area contributed by atoms with Crippen molar-refractivity contribution in [2.75, 3.05) is 25.5 Å². The molecule has 1 aromatic carbocycles. The second kappa shape index (κ2) is 6.87. The zero-order valence-corrected chi connectivity index (χ0v) is 11.2. The number of nitrogens with zero attached hydrogens (tertiary/aromatic N) is 1. The maximum absolute atomic E-state index is 9.08. The van der Waals surface area contributed by atoms with Crippen molar-refractivity contribution in [1.82, 2.24) is 4.90 Å². The Morgan fingerprint density at radius 2 is 2.22 bits per heavy atom. The van der Waals surface area contributed by atoms with Gasteiger partial charge in [-0.2, -0.15) is 0 Å². The highest BCUT2D eigenvalue weighted by Gasteiger charge is 2.09. The smallest absolute Gasteiger partial charge is 0.0606 e. The zero-order chi connectivity index (χ0) is 13.5. The van der Waals surface area contributed by atoms with Gasteiger partial charge in [0.15, 0.2) is 0 Å². The number of hydrogen-bond donors (Lipinski definition) is 2. The molecule has 1 aromatic rings. The zero-order valence-electron chi connectivity index (χ0n) is 11.2. The van der Waals surface area contributed by atoms with Crippen LogP contribution in [-0.4, -0.2) is 30.2 Å². The van der Waals surface area contributed by atoms with Crippen molar-refractivity contribution in [2.45, 2.75) is 13.5 Å². The molecule has 0 radical (unpaired) electrons. The van der Waals surface area contributed by atoms with E-state index >= 15 is 0 Å². The van der Waals surface area contributed by atoms with Gasteiger partial charge in [0.1, 0.15) is 0 Å². The first kappa shape index (κ1) is 14.3. The summed E-state index contributed by atoms with van der Waals surface area (Å²) in [4.78, 5) is 2.06. The van der Waals surface area contributed by atoms with Crippen LogP contribution in [0.15, 0.2) is 37.1 Å². The molecule has 0 saturated heterocycles. The van der Waals surface area contributed by atoms with E-state index in [0.29, 0.717) is 6.54 Å². The molecule has 0 saturated carbocycles. The van der Waals surface area contributed by atoms with Gasteiger partial charge in [0, 0.05) is 31.5 Å². The molecule has 98 valence electrons. The number of para-hydroxylation sites is 1. The highest BCUT2D eigenvalue weighted by atomic mass is 16.3. The van der Waals surface area contributed by atoms with E-state index in [-0.39, 0.29) is 6.61 Å². The molecule has 0 heterocycles. The summed E-state index contributed by atoms with van der Waals surface area (Å²) in [6, 6.07) is 6.12. The Hall–Kier alpha value is -1.74. The average molecular weight is 246 g/mol. The summed E-state index contributed by atoms with van der Waals surface area (Å²) in [5.74, 6) is 0. The number of aliphatic hydroxyl groups is 1. The molecule has 0 aliphatic heterocycles. The maximum Gasteiger partial charge on any atom is 0.0606 e. The average Bonchev–Trinajstić information content (AvgIpc) is 2.37. The number of aliphatic hydroxyl groups excluding tert-OH is 1. The van der Waals surface area contributed by atoms with E-state index in [4.69, 9.17) is 5.11 Å². The van der Waals surface area contributed by atoms with Gasteiger partial charge in [0.2, 0.25) is 0 Å². The van der Waals surface area contributed by atoms with E-state index in [1.165, 1.54) is 5.56 Å². The molecule has 0 fully saturated rings. The van der Waals surface area contributed by atoms with Gasteiger partial charge in [-0.05, 0) is 18.1 Å². The van der Waals surface area contributed by atoms with Gasteiger partial charge in [-0.1, -0.05) is 37.4 Å². The van der Waals surface area contributed by atoms with E-state index < -0.39 is 0 Å². The van der Waals surface area contributed by atoms with Gasteiger partial charge in [-0.15, -0.1) is 0 Å². The van der Waals surface area contributed by atoms with E-state index in [1.54, 1.807) is 0 Å². The normalized spacial score (nSPS) is 9.94. The minimum absolute atomic E-state index is 0.128. The Balaban J connectivity index is 3.01. The third-order valence-electron chi connectivity index (χ3n) is 2.92. The summed E-state index contributed by atoms with van der Waals surface area (Å²) in [5.41, 5.74) is 4.29. The second-order valence-electron chi connectivity index (χ2n) is 4.22. The minimum atomic E-state index is 0.128. The third-order valence-corrected chi connectivity index (χ3v) is 2.92. The van der Waals surface area contributed by atoms with Gasteiger partial charge in [0.05, 0.1) is 6.61 Å². The molecule has 0 atom stereocenters. The molecule has 3 heteroatoms. The molecule has 0 aromatic heterocycles. The molecule has 0 aliphatic rings. The van der Waals surface area contributed by atoms with Crippen LogP contribution in [0, 0.1) is 0 Å². The van der Waals surface area contributed by atoms with Crippen LogP contribution >= 0.6 is 0 Å². The molecule has 0 bridgehead atoms. The second-order valence-corrected chi connectivity index (χ2v) is 4.22. The first-order valence-electron chi connectivity index (χ1n) is 6.07. The first-order valence-corrected chi connectivity index (χ1v) is 6.07. The fourth-order valence-corrected chi connectivity index (χ4v) is 1.96. The van der Waals surface area contributed by atoms with Gasteiger partial charge in [0.25, 0.3) is 0 Å². The molecular weight excluding hydrogens is 224 g/mol. The molecule has 2 N–H and O–H groups in total. The van der Waals surface area contributed by atoms with Crippen LogP contribution in [0.2, 0.25) is 0 Å². The van der Waals surface area contributed by atoms with E-state index in [1.807, 2.05) is 32.2 Å². The molecule has 0 aliphatic carbocycles. The molecule has 0 spiro atoms. The maximum atomic E-state index is 9.08. The summed E-state index contributed by atoms with van der Waals surface area (Å²) in [5, 5.41) is 12.3. The molecule has 1 rings (SSSR count). The summed E-state index contributed by atoms with van der Waals surface area (Å²) in [7, 11) is 1.91. The van der Waals surface area contributed by atoms with Crippen LogP contribution in [0.4, 0.5) is 5.69 Å². The third kappa shape index (κ3) is 3.37. The first-order chi connectivity index (χ1) is 8.63. The largest absolute Gasteiger partial charge is 0.395 e. The van der Waals surface area contributed by atoms with Crippen molar-refractivity contribution < 1.29 is 5.11 Å². The topological polar surface area (TPSA) is 35.5 Å². The van der Waals surface area contributed by atoms with Crippen molar-refractivity contribution in [3.8, 4) is 0 Å². The number of benzene rings is 1. The lowest BCUT2D eigenvalue weighted by atomic mass is 10.1. The number of rotatable bonds is 7. The van der Waals surface area contributed by atoms with Gasteiger partial charge < -0.3 is 15.3 Å². The van der Waals surface area contributed by atoms with Crippen molar-refractivity contribution in [1.29, 1.82) is 0 Å². The predicted molar refractivity (Wildman–Crippen MR) is 78.4 cm³/mol. The van der Waals surface area contributed by atoms with Crippen LogP contribution in [0.1, 0.15) is 18.1 Å². The summed E-state index contributed by atoms with van der Waals surface area (Å²) < 4.78 is 0. The highest BCUT2D eigenvalue weighted by molar-refractivity contribution is 5.69. The van der Waals surface area contributed by atoms with Gasteiger partial charge in [-0.3, -0.25) is 0 Å². The van der Waals surface area contributed by atoms with Crippen LogP contribution in [-0.2, 0) is 6.54 Å². The minimum Gasteiger partial charge on any atom is -0.395 e.